The van der Waals surface area contributed by atoms with E-state index in [9.17, 15) is 9.59 Å². The van der Waals surface area contributed by atoms with Crippen molar-refractivity contribution < 1.29 is 28.5 Å². The van der Waals surface area contributed by atoms with Gasteiger partial charge < -0.3 is 24.3 Å². The fraction of sp³-hybridized carbons (Fsp3) is 0.304. The fourth-order valence-corrected chi connectivity index (χ4v) is 3.29. The molecule has 1 N–H and O–H groups in total. The first-order valence-corrected chi connectivity index (χ1v) is 9.57. The molecule has 0 atom stereocenters. The molecule has 0 saturated carbocycles. The number of fused-ring (bicyclic) bond motifs is 1. The lowest BCUT2D eigenvalue weighted by Crippen LogP contribution is -2.21. The zero-order valence-corrected chi connectivity index (χ0v) is 17.5. The van der Waals surface area contributed by atoms with E-state index in [1.54, 1.807) is 18.2 Å². The summed E-state index contributed by atoms with van der Waals surface area (Å²) >= 11 is 0. The Morgan fingerprint density at radius 3 is 2.47 bits per heavy atom. The van der Waals surface area contributed by atoms with Crippen LogP contribution in [0.15, 0.2) is 30.3 Å². The van der Waals surface area contributed by atoms with E-state index in [0.717, 1.165) is 22.4 Å². The Morgan fingerprint density at radius 2 is 1.77 bits per heavy atom. The van der Waals surface area contributed by atoms with Gasteiger partial charge in [-0.2, -0.15) is 0 Å². The van der Waals surface area contributed by atoms with E-state index in [1.807, 2.05) is 32.9 Å². The predicted molar refractivity (Wildman–Crippen MR) is 113 cm³/mol. The number of carbonyl (C=O) groups is 2. The van der Waals surface area contributed by atoms with E-state index in [-0.39, 0.29) is 6.61 Å². The summed E-state index contributed by atoms with van der Waals surface area (Å²) in [6.07, 6.45) is 2.82. The molecular weight excluding hydrogens is 386 g/mol. The number of ether oxygens (including phenoxy) is 4. The van der Waals surface area contributed by atoms with Gasteiger partial charge in [-0.1, -0.05) is 17.7 Å². The van der Waals surface area contributed by atoms with Crippen molar-refractivity contribution in [1.29, 1.82) is 0 Å². The second-order valence-corrected chi connectivity index (χ2v) is 7.01. The third-order valence-corrected chi connectivity index (χ3v) is 4.55. The van der Waals surface area contributed by atoms with Gasteiger partial charge in [0, 0.05) is 11.8 Å². The summed E-state index contributed by atoms with van der Waals surface area (Å²) in [5, 5.41) is 2.80. The maximum atomic E-state index is 12.2. The van der Waals surface area contributed by atoms with Crippen molar-refractivity contribution in [2.24, 2.45) is 0 Å². The summed E-state index contributed by atoms with van der Waals surface area (Å²) in [7, 11) is 1.53. The Balaban J connectivity index is 1.58. The van der Waals surface area contributed by atoms with Crippen LogP contribution in [0.25, 0.3) is 6.08 Å². The predicted octanol–water partition coefficient (Wildman–Crippen LogP) is 3.59. The lowest BCUT2D eigenvalue weighted by Gasteiger charge is -2.20. The number of hydrogen-bond donors (Lipinski definition) is 1. The largest absolute Gasteiger partial charge is 0.493 e. The van der Waals surface area contributed by atoms with Gasteiger partial charge in [0.15, 0.2) is 18.1 Å². The average Bonchev–Trinajstić information content (AvgIpc) is 2.72. The van der Waals surface area contributed by atoms with Gasteiger partial charge in [0.05, 0.1) is 7.11 Å². The van der Waals surface area contributed by atoms with Crippen LogP contribution in [-0.4, -0.2) is 38.8 Å². The molecule has 0 aromatic heterocycles. The maximum Gasteiger partial charge on any atom is 0.331 e. The number of anilines is 1. The number of aryl methyl sites for hydroxylation is 3. The summed E-state index contributed by atoms with van der Waals surface area (Å²) in [6.45, 7) is 6.37. The van der Waals surface area contributed by atoms with Crippen molar-refractivity contribution in [3.63, 3.8) is 0 Å². The van der Waals surface area contributed by atoms with E-state index in [4.69, 9.17) is 18.9 Å². The normalized spacial score (nSPS) is 12.5. The van der Waals surface area contributed by atoms with Crippen LogP contribution in [0.3, 0.4) is 0 Å². The zero-order chi connectivity index (χ0) is 21.7. The molecule has 0 saturated heterocycles. The standard InChI is InChI=1S/C23H25NO6/c1-14-9-15(2)22(16(3)10-14)24-20(25)13-30-21(26)6-5-17-11-18(27-4)23-19(12-17)28-7-8-29-23/h5-6,9-12H,7-8,13H2,1-4H3,(H,24,25)/b6-5+. The van der Waals surface area contributed by atoms with Crippen LogP contribution in [0.2, 0.25) is 0 Å². The first-order chi connectivity index (χ1) is 14.4. The van der Waals surface area contributed by atoms with Gasteiger partial charge in [-0.25, -0.2) is 4.79 Å². The van der Waals surface area contributed by atoms with Gasteiger partial charge in [-0.15, -0.1) is 0 Å². The molecule has 158 valence electrons. The zero-order valence-electron chi connectivity index (χ0n) is 17.5. The van der Waals surface area contributed by atoms with E-state index < -0.39 is 11.9 Å². The van der Waals surface area contributed by atoms with Crippen LogP contribution in [0.4, 0.5) is 5.69 Å². The van der Waals surface area contributed by atoms with Gasteiger partial charge in [-0.3, -0.25) is 4.79 Å². The summed E-state index contributed by atoms with van der Waals surface area (Å²) in [4.78, 5) is 24.2. The highest BCUT2D eigenvalue weighted by molar-refractivity contribution is 5.95. The molecule has 1 amide bonds. The number of hydrogen-bond acceptors (Lipinski definition) is 6. The number of nitrogens with one attached hydrogen (secondary N) is 1. The molecule has 0 unspecified atom stereocenters. The Hall–Kier alpha value is -3.48. The van der Waals surface area contributed by atoms with E-state index in [1.165, 1.54) is 13.2 Å². The molecule has 1 aliphatic heterocycles. The summed E-state index contributed by atoms with van der Waals surface area (Å²) in [5.41, 5.74) is 4.46. The molecule has 1 heterocycles. The number of esters is 1. The van der Waals surface area contributed by atoms with Crippen molar-refractivity contribution in [2.45, 2.75) is 20.8 Å². The van der Waals surface area contributed by atoms with Crippen molar-refractivity contribution in [1.82, 2.24) is 0 Å². The molecule has 2 aromatic rings. The highest BCUT2D eigenvalue weighted by Crippen LogP contribution is 2.40. The number of amides is 1. The average molecular weight is 411 g/mol. The van der Waals surface area contributed by atoms with Gasteiger partial charge in [0.2, 0.25) is 5.75 Å². The molecule has 7 heteroatoms. The monoisotopic (exact) mass is 411 g/mol. The lowest BCUT2D eigenvalue weighted by atomic mass is 10.1. The number of carbonyl (C=O) groups excluding carboxylic acids is 2. The van der Waals surface area contributed by atoms with Crippen LogP contribution in [0.5, 0.6) is 17.2 Å². The van der Waals surface area contributed by atoms with Gasteiger partial charge >= 0.3 is 5.97 Å². The second kappa shape index (κ2) is 9.35. The molecule has 7 nitrogen and oxygen atoms in total. The minimum atomic E-state index is -0.628. The van der Waals surface area contributed by atoms with Gasteiger partial charge in [0.1, 0.15) is 13.2 Å². The fourth-order valence-electron chi connectivity index (χ4n) is 3.29. The number of rotatable bonds is 6. The van der Waals surface area contributed by atoms with Crippen LogP contribution in [0, 0.1) is 20.8 Å². The highest BCUT2D eigenvalue weighted by atomic mass is 16.6. The van der Waals surface area contributed by atoms with Gasteiger partial charge in [0.25, 0.3) is 5.91 Å². The number of benzene rings is 2. The summed E-state index contributed by atoms with van der Waals surface area (Å²) in [6, 6.07) is 7.45. The third kappa shape index (κ3) is 5.11. The molecule has 3 rings (SSSR count). The van der Waals surface area contributed by atoms with Gasteiger partial charge in [-0.05, 0) is 55.7 Å². The summed E-state index contributed by atoms with van der Waals surface area (Å²) < 4.78 is 21.5. The number of methoxy groups -OCH3 is 1. The van der Waals surface area contributed by atoms with Crippen molar-refractivity contribution in [3.05, 3.63) is 52.6 Å². The lowest BCUT2D eigenvalue weighted by molar-refractivity contribution is -0.142. The van der Waals surface area contributed by atoms with E-state index >= 15 is 0 Å². The first kappa shape index (κ1) is 21.2. The molecule has 30 heavy (non-hydrogen) atoms. The molecule has 0 bridgehead atoms. The third-order valence-electron chi connectivity index (χ3n) is 4.55. The highest BCUT2D eigenvalue weighted by Gasteiger charge is 2.18. The molecule has 0 fully saturated rings. The quantitative estimate of drug-likeness (QED) is 0.578. The van der Waals surface area contributed by atoms with Crippen LogP contribution >= 0.6 is 0 Å². The van der Waals surface area contributed by atoms with Crippen molar-refractivity contribution in [3.8, 4) is 17.2 Å². The van der Waals surface area contributed by atoms with Crippen molar-refractivity contribution in [2.75, 3.05) is 32.2 Å². The first-order valence-electron chi connectivity index (χ1n) is 9.57. The van der Waals surface area contributed by atoms with E-state index in [0.29, 0.717) is 36.0 Å². The van der Waals surface area contributed by atoms with E-state index in [2.05, 4.69) is 5.32 Å². The minimum absolute atomic E-state index is 0.375. The van der Waals surface area contributed by atoms with Crippen molar-refractivity contribution >= 4 is 23.6 Å². The second-order valence-electron chi connectivity index (χ2n) is 7.01. The molecule has 0 radical (unpaired) electrons. The minimum Gasteiger partial charge on any atom is -0.493 e. The van der Waals surface area contributed by atoms with Crippen LogP contribution in [0.1, 0.15) is 22.3 Å². The Bertz CT molecular complexity index is 955. The smallest absolute Gasteiger partial charge is 0.331 e. The van der Waals surface area contributed by atoms with Crippen LogP contribution < -0.4 is 19.5 Å². The Labute approximate surface area is 175 Å². The molecule has 1 aliphatic rings. The summed E-state index contributed by atoms with van der Waals surface area (Å²) in [5.74, 6) is 0.589. The SMILES string of the molecule is COc1cc(/C=C/C(=O)OCC(=O)Nc2c(C)cc(C)cc2C)cc2c1OCCO2. The molecule has 0 spiro atoms. The maximum absolute atomic E-state index is 12.2. The van der Waals surface area contributed by atoms with Crippen LogP contribution in [-0.2, 0) is 14.3 Å². The molecule has 2 aromatic carbocycles. The molecular formula is C23H25NO6. The Morgan fingerprint density at radius 1 is 1.07 bits per heavy atom. The Kier molecular flexibility index (Phi) is 6.61. The molecule has 0 aliphatic carbocycles. The topological polar surface area (TPSA) is 83.1 Å².